The quantitative estimate of drug-likeness (QED) is 0.402. The van der Waals surface area contributed by atoms with Crippen molar-refractivity contribution >= 4 is 17.8 Å². The Morgan fingerprint density at radius 2 is 1.62 bits per heavy atom. The third kappa shape index (κ3) is 6.95. The third-order valence-electron chi connectivity index (χ3n) is 4.58. The summed E-state index contributed by atoms with van der Waals surface area (Å²) in [6.45, 7) is 5.49. The van der Waals surface area contributed by atoms with Gasteiger partial charge in [0.2, 0.25) is 5.91 Å². The van der Waals surface area contributed by atoms with E-state index in [0.29, 0.717) is 18.1 Å². The zero-order chi connectivity index (χ0) is 21.3. The van der Waals surface area contributed by atoms with Crippen LogP contribution in [0.2, 0.25) is 0 Å². The molecular formula is C22H29N5O2. The van der Waals surface area contributed by atoms with E-state index >= 15 is 0 Å². The second-order valence-electron chi connectivity index (χ2n) is 7.38. The molecule has 0 aliphatic carbocycles. The number of carbonyl (C=O) groups excluding carboxylic acids is 2. The molecule has 0 aromatic heterocycles. The van der Waals surface area contributed by atoms with Crippen LogP contribution in [-0.2, 0) is 16.8 Å². The molecule has 154 valence electrons. The molecule has 0 aliphatic rings. The Hall–Kier alpha value is -3.35. The van der Waals surface area contributed by atoms with Crippen LogP contribution in [-0.4, -0.2) is 37.9 Å². The van der Waals surface area contributed by atoms with Crippen molar-refractivity contribution in [1.29, 1.82) is 0 Å². The summed E-state index contributed by atoms with van der Waals surface area (Å²) in [4.78, 5) is 26.9. The summed E-state index contributed by atoms with van der Waals surface area (Å²) < 4.78 is 0. The van der Waals surface area contributed by atoms with Gasteiger partial charge in [-0.3, -0.25) is 14.6 Å². The molecule has 7 heteroatoms. The highest BCUT2D eigenvalue weighted by atomic mass is 16.2. The number of benzene rings is 2. The highest BCUT2D eigenvalue weighted by Gasteiger charge is 2.20. The Morgan fingerprint density at radius 3 is 2.21 bits per heavy atom. The maximum Gasteiger partial charge on any atom is 0.251 e. The molecule has 0 atom stereocenters. The number of hydrogen-bond acceptors (Lipinski definition) is 3. The van der Waals surface area contributed by atoms with Crippen molar-refractivity contribution in [3.8, 4) is 0 Å². The number of nitrogens with zero attached hydrogens (tertiary/aromatic N) is 1. The van der Waals surface area contributed by atoms with Crippen LogP contribution in [0, 0.1) is 0 Å². The van der Waals surface area contributed by atoms with Crippen molar-refractivity contribution in [1.82, 2.24) is 16.0 Å². The number of hydrogen-bond donors (Lipinski definition) is 4. The molecule has 7 nitrogen and oxygen atoms in total. The van der Waals surface area contributed by atoms with Gasteiger partial charge >= 0.3 is 0 Å². The van der Waals surface area contributed by atoms with Gasteiger partial charge in [-0.05, 0) is 23.3 Å². The lowest BCUT2D eigenvalue weighted by Gasteiger charge is -2.26. The molecular weight excluding hydrogens is 366 g/mol. The second-order valence-corrected chi connectivity index (χ2v) is 7.38. The minimum atomic E-state index is -0.575. The number of nitrogens with one attached hydrogen (secondary N) is 3. The lowest BCUT2D eigenvalue weighted by molar-refractivity contribution is -0.117. The van der Waals surface area contributed by atoms with Crippen molar-refractivity contribution in [3.05, 3.63) is 71.3 Å². The number of amides is 2. The fourth-order valence-corrected chi connectivity index (χ4v) is 2.75. The molecule has 0 spiro atoms. The van der Waals surface area contributed by atoms with Gasteiger partial charge in [-0.1, -0.05) is 56.3 Å². The fraction of sp³-hybridized carbons (Fsp3) is 0.318. The Kier molecular flexibility index (Phi) is 7.77. The molecule has 2 rings (SSSR count). The number of primary amides is 1. The van der Waals surface area contributed by atoms with Crippen molar-refractivity contribution < 1.29 is 9.59 Å². The van der Waals surface area contributed by atoms with Crippen molar-refractivity contribution in [3.63, 3.8) is 0 Å². The normalized spacial score (nSPS) is 11.6. The first-order valence-corrected chi connectivity index (χ1v) is 9.47. The maximum atomic E-state index is 11.9. The largest absolute Gasteiger partial charge is 0.368 e. The SMILES string of the molecule is CN=C(NCc1ccc(C(=O)NCC(N)=O)cc1)NCC(C)(C)c1ccccc1. The minimum Gasteiger partial charge on any atom is -0.368 e. The van der Waals surface area contributed by atoms with Gasteiger partial charge in [0.05, 0.1) is 6.54 Å². The molecule has 0 radical (unpaired) electrons. The molecule has 0 aliphatic heterocycles. The van der Waals surface area contributed by atoms with E-state index in [-0.39, 0.29) is 17.9 Å². The predicted molar refractivity (Wildman–Crippen MR) is 116 cm³/mol. The fourth-order valence-electron chi connectivity index (χ4n) is 2.75. The van der Waals surface area contributed by atoms with Crippen molar-refractivity contribution in [2.45, 2.75) is 25.8 Å². The Balaban J connectivity index is 1.86. The average Bonchev–Trinajstić information content (AvgIpc) is 2.73. The first-order chi connectivity index (χ1) is 13.8. The first-order valence-electron chi connectivity index (χ1n) is 9.47. The molecule has 0 unspecified atom stereocenters. The first kappa shape index (κ1) is 21.9. The molecule has 0 bridgehead atoms. The topological polar surface area (TPSA) is 109 Å². The van der Waals surface area contributed by atoms with Gasteiger partial charge < -0.3 is 21.7 Å². The lowest BCUT2D eigenvalue weighted by atomic mass is 9.85. The van der Waals surface area contributed by atoms with Gasteiger partial charge in [0.15, 0.2) is 5.96 Å². The van der Waals surface area contributed by atoms with Crippen LogP contribution in [0.15, 0.2) is 59.6 Å². The molecule has 0 saturated carbocycles. The standard InChI is InChI=1S/C22H29N5O2/c1-22(2,18-7-5-4-6-8-18)15-27-21(24-3)26-13-16-9-11-17(12-10-16)20(29)25-14-19(23)28/h4-12H,13-15H2,1-3H3,(H2,23,28)(H,25,29)(H2,24,26,27). The Bertz CT molecular complexity index is 845. The summed E-state index contributed by atoms with van der Waals surface area (Å²) in [7, 11) is 1.73. The van der Waals surface area contributed by atoms with Crippen LogP contribution in [0.4, 0.5) is 0 Å². The van der Waals surface area contributed by atoms with E-state index in [4.69, 9.17) is 5.73 Å². The average molecular weight is 396 g/mol. The Labute approximate surface area is 171 Å². The molecule has 0 heterocycles. The molecule has 2 amide bonds. The van der Waals surface area contributed by atoms with Crippen LogP contribution < -0.4 is 21.7 Å². The van der Waals surface area contributed by atoms with E-state index in [1.54, 1.807) is 19.2 Å². The van der Waals surface area contributed by atoms with E-state index in [2.05, 4.69) is 46.9 Å². The molecule has 0 saturated heterocycles. The molecule has 5 N–H and O–H groups in total. The summed E-state index contributed by atoms with van der Waals surface area (Å²) in [5.74, 6) is -0.199. The molecule has 2 aromatic rings. The van der Waals surface area contributed by atoms with E-state index < -0.39 is 5.91 Å². The molecule has 2 aromatic carbocycles. The van der Waals surface area contributed by atoms with Crippen LogP contribution in [0.25, 0.3) is 0 Å². The molecule has 0 fully saturated rings. The van der Waals surface area contributed by atoms with Gasteiger partial charge in [0, 0.05) is 31.1 Å². The van der Waals surface area contributed by atoms with Gasteiger partial charge in [-0.2, -0.15) is 0 Å². The lowest BCUT2D eigenvalue weighted by Crippen LogP contribution is -2.43. The van der Waals surface area contributed by atoms with E-state index in [1.807, 2.05) is 30.3 Å². The summed E-state index contributed by atoms with van der Waals surface area (Å²) in [6.07, 6.45) is 0. The second kappa shape index (κ2) is 10.3. The summed E-state index contributed by atoms with van der Waals surface area (Å²) in [6, 6.07) is 17.5. The van der Waals surface area contributed by atoms with Gasteiger partial charge in [-0.15, -0.1) is 0 Å². The zero-order valence-electron chi connectivity index (χ0n) is 17.2. The van der Waals surface area contributed by atoms with Crippen LogP contribution in [0.5, 0.6) is 0 Å². The highest BCUT2D eigenvalue weighted by molar-refractivity contribution is 5.96. The summed E-state index contributed by atoms with van der Waals surface area (Å²) in [5.41, 5.74) is 7.72. The number of guanidine groups is 1. The van der Waals surface area contributed by atoms with Crippen molar-refractivity contribution in [2.24, 2.45) is 10.7 Å². The smallest absolute Gasteiger partial charge is 0.251 e. The van der Waals surface area contributed by atoms with Crippen LogP contribution in [0.1, 0.15) is 35.3 Å². The van der Waals surface area contributed by atoms with Gasteiger partial charge in [-0.25, -0.2) is 0 Å². The van der Waals surface area contributed by atoms with E-state index in [1.165, 1.54) is 5.56 Å². The number of carbonyl (C=O) groups is 2. The summed E-state index contributed by atoms with van der Waals surface area (Å²) >= 11 is 0. The number of rotatable bonds is 8. The monoisotopic (exact) mass is 395 g/mol. The number of nitrogens with two attached hydrogens (primary N) is 1. The highest BCUT2D eigenvalue weighted by Crippen LogP contribution is 2.21. The predicted octanol–water partition coefficient (Wildman–Crippen LogP) is 1.54. The van der Waals surface area contributed by atoms with Crippen LogP contribution in [0.3, 0.4) is 0 Å². The summed E-state index contributed by atoms with van der Waals surface area (Å²) in [5, 5.41) is 9.11. The van der Waals surface area contributed by atoms with E-state index in [9.17, 15) is 9.59 Å². The van der Waals surface area contributed by atoms with E-state index in [0.717, 1.165) is 12.1 Å². The minimum absolute atomic E-state index is 0.0429. The maximum absolute atomic E-state index is 11.9. The zero-order valence-corrected chi connectivity index (χ0v) is 17.2. The van der Waals surface area contributed by atoms with Crippen LogP contribution >= 0.6 is 0 Å². The third-order valence-corrected chi connectivity index (χ3v) is 4.58. The Morgan fingerprint density at radius 1 is 0.966 bits per heavy atom. The number of aliphatic imine (C=N–C) groups is 1. The van der Waals surface area contributed by atoms with Gasteiger partial charge in [0.25, 0.3) is 5.91 Å². The van der Waals surface area contributed by atoms with Crippen molar-refractivity contribution in [2.75, 3.05) is 20.1 Å². The van der Waals surface area contributed by atoms with Gasteiger partial charge in [0.1, 0.15) is 0 Å². The molecule has 29 heavy (non-hydrogen) atoms.